The second kappa shape index (κ2) is 37.1. The summed E-state index contributed by atoms with van der Waals surface area (Å²) in [5.41, 5.74) is 0. The number of carbonyl (C=O) groups excluding carboxylic acids is 2. The summed E-state index contributed by atoms with van der Waals surface area (Å²) in [6.07, 6.45) is 39.2. The molecule has 0 spiro atoms. The highest BCUT2D eigenvalue weighted by Crippen LogP contribution is 2.38. The van der Waals surface area contributed by atoms with Crippen LogP contribution in [0.15, 0.2) is 24.3 Å². The molecule has 0 radical (unpaired) electrons. The summed E-state index contributed by atoms with van der Waals surface area (Å²) in [7, 11) is 1.17. The van der Waals surface area contributed by atoms with E-state index in [1.54, 1.807) is 0 Å². The molecule has 0 rings (SSSR count). The molecule has 0 fully saturated rings. The van der Waals surface area contributed by atoms with Gasteiger partial charge in [-0.1, -0.05) is 154 Å². The van der Waals surface area contributed by atoms with Gasteiger partial charge in [-0.05, 0) is 51.4 Å². The quantitative estimate of drug-likeness (QED) is 0.0198. The fourth-order valence-electron chi connectivity index (χ4n) is 6.07. The molecular weight excluding hydrogens is 701 g/mol. The van der Waals surface area contributed by atoms with Gasteiger partial charge in [-0.3, -0.25) is 14.2 Å². The van der Waals surface area contributed by atoms with Gasteiger partial charge in [0.2, 0.25) is 0 Å². The molecule has 9 nitrogen and oxygen atoms in total. The van der Waals surface area contributed by atoms with Crippen LogP contribution in [0.5, 0.6) is 0 Å². The van der Waals surface area contributed by atoms with E-state index in [-0.39, 0.29) is 32.0 Å². The lowest BCUT2D eigenvalue weighted by Crippen LogP contribution is -2.37. The minimum atomic E-state index is -4.62. The molecular formula is C44H84NO8P. The van der Waals surface area contributed by atoms with Crippen LogP contribution in [0, 0.1) is 0 Å². The Kier molecular flexibility index (Phi) is 36.1. The predicted molar refractivity (Wildman–Crippen MR) is 222 cm³/mol. The maximum absolute atomic E-state index is 12.7. The number of phosphoric acid groups is 1. The van der Waals surface area contributed by atoms with Gasteiger partial charge in [0.1, 0.15) is 19.8 Å². The van der Waals surface area contributed by atoms with E-state index < -0.39 is 26.5 Å². The van der Waals surface area contributed by atoms with E-state index >= 15 is 0 Å². The van der Waals surface area contributed by atoms with Crippen LogP contribution in [-0.4, -0.2) is 70.0 Å². The molecule has 318 valence electrons. The van der Waals surface area contributed by atoms with Crippen LogP contribution < -0.4 is 4.89 Å². The number of carbonyl (C=O) groups is 2. The van der Waals surface area contributed by atoms with Gasteiger partial charge in [-0.25, -0.2) is 0 Å². The molecule has 1 unspecified atom stereocenters. The molecule has 0 heterocycles. The van der Waals surface area contributed by atoms with E-state index in [1.165, 1.54) is 109 Å². The van der Waals surface area contributed by atoms with Crippen molar-refractivity contribution in [2.75, 3.05) is 47.5 Å². The number of rotatable bonds is 40. The fourth-order valence-corrected chi connectivity index (χ4v) is 6.80. The van der Waals surface area contributed by atoms with Crippen molar-refractivity contribution < 1.29 is 42.1 Å². The summed E-state index contributed by atoms with van der Waals surface area (Å²) in [5.74, 6) is -0.832. The number of ether oxygens (including phenoxy) is 2. The van der Waals surface area contributed by atoms with Crippen LogP contribution in [0.4, 0.5) is 0 Å². The van der Waals surface area contributed by atoms with Crippen LogP contribution in [0.3, 0.4) is 0 Å². The highest BCUT2D eigenvalue weighted by atomic mass is 31.2. The number of allylic oxidation sites excluding steroid dienone is 4. The number of likely N-dealkylation sites (N-methyl/N-ethyl adjacent to an activating group) is 1. The molecule has 0 aromatic rings. The van der Waals surface area contributed by atoms with Crippen molar-refractivity contribution in [2.45, 2.75) is 200 Å². The second-order valence-electron chi connectivity index (χ2n) is 16.0. The Labute approximate surface area is 332 Å². The standard InChI is InChI=1S/C44H84NO8P/c1-6-8-10-12-14-16-18-20-22-24-26-28-30-32-34-36-43(46)50-40-42(41-52-54(48,49)51-39-38-45(3,4)5)53-44(47)37-35-33-31-29-27-25-23-21-19-17-15-13-11-9-7-2/h8-11,42H,6-7,12-41H2,1-5H3/b10-8-,11-9-/t42-/m1/s1. The normalized spacial score (nSPS) is 13.8. The smallest absolute Gasteiger partial charge is 0.306 e. The summed E-state index contributed by atoms with van der Waals surface area (Å²) in [4.78, 5) is 37.5. The first-order valence-electron chi connectivity index (χ1n) is 22.0. The number of unbranched alkanes of at least 4 members (excludes halogenated alkanes) is 22. The molecule has 54 heavy (non-hydrogen) atoms. The first kappa shape index (κ1) is 52.5. The van der Waals surface area contributed by atoms with Crippen LogP contribution in [0.1, 0.15) is 194 Å². The summed E-state index contributed by atoms with van der Waals surface area (Å²) in [5, 5.41) is 0. The van der Waals surface area contributed by atoms with Gasteiger partial charge < -0.3 is 27.9 Å². The topological polar surface area (TPSA) is 111 Å². The fraction of sp³-hybridized carbons (Fsp3) is 0.864. The van der Waals surface area contributed by atoms with Crippen molar-refractivity contribution in [3.63, 3.8) is 0 Å². The zero-order valence-corrected chi connectivity index (χ0v) is 36.6. The van der Waals surface area contributed by atoms with E-state index in [9.17, 15) is 19.0 Å². The van der Waals surface area contributed by atoms with Gasteiger partial charge in [0.05, 0.1) is 27.7 Å². The van der Waals surface area contributed by atoms with E-state index in [4.69, 9.17) is 18.5 Å². The lowest BCUT2D eigenvalue weighted by atomic mass is 10.0. The Morgan fingerprint density at radius 2 is 0.944 bits per heavy atom. The van der Waals surface area contributed by atoms with Crippen molar-refractivity contribution >= 4 is 19.8 Å². The molecule has 0 amide bonds. The van der Waals surface area contributed by atoms with Gasteiger partial charge in [0, 0.05) is 12.8 Å². The third-order valence-corrected chi connectivity index (χ3v) is 10.4. The minimum Gasteiger partial charge on any atom is -0.756 e. The Morgan fingerprint density at radius 3 is 1.35 bits per heavy atom. The molecule has 2 atom stereocenters. The van der Waals surface area contributed by atoms with Gasteiger partial charge in [0.15, 0.2) is 6.10 Å². The largest absolute Gasteiger partial charge is 0.756 e. The Hall–Kier alpha value is -1.51. The SMILES string of the molecule is CC/C=C\CCCCCCCCCCCCCC(=O)OC[C@H](COP(=O)([O-])OCC[N+](C)(C)C)OC(=O)CCCCCCCCCCCCC/C=C\CC. The minimum absolute atomic E-state index is 0.0294. The summed E-state index contributed by atoms with van der Waals surface area (Å²) < 4.78 is 33.9. The second-order valence-corrected chi connectivity index (χ2v) is 17.4. The number of phosphoric ester groups is 1. The van der Waals surface area contributed by atoms with Crippen molar-refractivity contribution in [2.24, 2.45) is 0 Å². The third-order valence-electron chi connectivity index (χ3n) is 9.47. The van der Waals surface area contributed by atoms with Crippen molar-refractivity contribution in [3.8, 4) is 0 Å². The molecule has 0 aliphatic heterocycles. The van der Waals surface area contributed by atoms with Gasteiger partial charge in [0.25, 0.3) is 7.82 Å². The molecule has 0 aliphatic carbocycles. The zero-order valence-electron chi connectivity index (χ0n) is 35.7. The molecule has 0 N–H and O–H groups in total. The van der Waals surface area contributed by atoms with Crippen LogP contribution in [0.2, 0.25) is 0 Å². The molecule has 0 bridgehead atoms. The first-order valence-corrected chi connectivity index (χ1v) is 23.5. The molecule has 0 aliphatic rings. The highest BCUT2D eigenvalue weighted by molar-refractivity contribution is 7.45. The van der Waals surface area contributed by atoms with Gasteiger partial charge in [-0.15, -0.1) is 0 Å². The zero-order chi connectivity index (χ0) is 40.0. The summed E-state index contributed by atoms with van der Waals surface area (Å²) >= 11 is 0. The molecule has 10 heteroatoms. The molecule has 0 aromatic heterocycles. The predicted octanol–water partition coefficient (Wildman–Crippen LogP) is 11.7. The number of quaternary nitrogens is 1. The van der Waals surface area contributed by atoms with Gasteiger partial charge >= 0.3 is 11.9 Å². The number of esters is 2. The third kappa shape index (κ3) is 40.2. The Bertz CT molecular complexity index is 980. The van der Waals surface area contributed by atoms with Crippen LogP contribution in [0.25, 0.3) is 0 Å². The number of hydrogen-bond donors (Lipinski definition) is 0. The van der Waals surface area contributed by atoms with E-state index in [1.807, 2.05) is 21.1 Å². The number of nitrogens with zero attached hydrogens (tertiary/aromatic N) is 1. The average Bonchev–Trinajstić information content (AvgIpc) is 3.12. The summed E-state index contributed by atoms with van der Waals surface area (Å²) in [6.45, 7) is 4.07. The maximum atomic E-state index is 12.7. The Balaban J connectivity index is 4.32. The van der Waals surface area contributed by atoms with Crippen LogP contribution in [-0.2, 0) is 32.7 Å². The van der Waals surface area contributed by atoms with E-state index in [0.717, 1.165) is 51.4 Å². The monoisotopic (exact) mass is 786 g/mol. The maximum Gasteiger partial charge on any atom is 0.306 e. The number of hydrogen-bond acceptors (Lipinski definition) is 8. The van der Waals surface area contributed by atoms with E-state index in [2.05, 4.69) is 38.2 Å². The van der Waals surface area contributed by atoms with E-state index in [0.29, 0.717) is 17.4 Å². The lowest BCUT2D eigenvalue weighted by Gasteiger charge is -2.28. The molecule has 0 saturated heterocycles. The average molecular weight is 786 g/mol. The van der Waals surface area contributed by atoms with Crippen LogP contribution >= 0.6 is 7.82 Å². The highest BCUT2D eigenvalue weighted by Gasteiger charge is 2.21. The first-order chi connectivity index (χ1) is 26.0. The molecule has 0 saturated carbocycles. The lowest BCUT2D eigenvalue weighted by molar-refractivity contribution is -0.870. The summed E-state index contributed by atoms with van der Waals surface area (Å²) in [6, 6.07) is 0. The molecule has 0 aromatic carbocycles. The Morgan fingerprint density at radius 1 is 0.556 bits per heavy atom. The van der Waals surface area contributed by atoms with Crippen molar-refractivity contribution in [3.05, 3.63) is 24.3 Å². The van der Waals surface area contributed by atoms with Crippen molar-refractivity contribution in [1.29, 1.82) is 0 Å². The van der Waals surface area contributed by atoms with Crippen molar-refractivity contribution in [1.82, 2.24) is 0 Å². The van der Waals surface area contributed by atoms with Gasteiger partial charge in [-0.2, -0.15) is 0 Å².